The summed E-state index contributed by atoms with van der Waals surface area (Å²) < 4.78 is 0. The summed E-state index contributed by atoms with van der Waals surface area (Å²) in [7, 11) is 4.16. The molecule has 0 aliphatic carbocycles. The normalized spacial score (nSPS) is 13.3. The van der Waals surface area contributed by atoms with Crippen LogP contribution in [-0.4, -0.2) is 36.8 Å². The highest BCUT2D eigenvalue weighted by Crippen LogP contribution is 2.40. The van der Waals surface area contributed by atoms with Gasteiger partial charge in [0, 0.05) is 5.41 Å². The quantitative estimate of drug-likeness (QED) is 0.842. The minimum Gasteiger partial charge on any atom is -0.392 e. The molecule has 2 rings (SSSR count). The van der Waals surface area contributed by atoms with E-state index in [2.05, 4.69) is 74.4 Å². The van der Waals surface area contributed by atoms with Crippen molar-refractivity contribution >= 4 is 0 Å². The first-order valence-electron chi connectivity index (χ1n) is 8.05. The minimum atomic E-state index is -0.405. The van der Waals surface area contributed by atoms with Crippen molar-refractivity contribution in [2.45, 2.75) is 31.3 Å². The number of hydrogen-bond acceptors (Lipinski definition) is 2. The summed E-state index contributed by atoms with van der Waals surface area (Å²) in [5, 5.41) is 11.0. The van der Waals surface area contributed by atoms with Crippen LogP contribution in [0, 0.1) is 0 Å². The molecule has 1 N–H and O–H groups in total. The molecule has 0 aromatic heterocycles. The van der Waals surface area contributed by atoms with E-state index in [0.29, 0.717) is 0 Å². The van der Waals surface area contributed by atoms with Gasteiger partial charge >= 0.3 is 0 Å². The van der Waals surface area contributed by atoms with Crippen LogP contribution >= 0.6 is 0 Å². The predicted molar refractivity (Wildman–Crippen MR) is 93.1 cm³/mol. The first kappa shape index (κ1) is 16.7. The molecule has 0 saturated carbocycles. The summed E-state index contributed by atoms with van der Waals surface area (Å²) in [6.07, 6.45) is 1.22. The fourth-order valence-electron chi connectivity index (χ4n) is 3.23. The van der Waals surface area contributed by atoms with E-state index in [0.717, 1.165) is 19.4 Å². The van der Waals surface area contributed by atoms with Gasteiger partial charge in [-0.1, -0.05) is 67.6 Å². The van der Waals surface area contributed by atoms with Gasteiger partial charge in [-0.15, -0.1) is 0 Å². The molecule has 118 valence electrons. The topological polar surface area (TPSA) is 23.5 Å². The minimum absolute atomic E-state index is 0.360. The van der Waals surface area contributed by atoms with Crippen molar-refractivity contribution in [3.05, 3.63) is 71.8 Å². The van der Waals surface area contributed by atoms with Crippen molar-refractivity contribution < 1.29 is 5.11 Å². The van der Waals surface area contributed by atoms with Crippen LogP contribution in [0.15, 0.2) is 60.7 Å². The van der Waals surface area contributed by atoms with Crippen molar-refractivity contribution in [2.24, 2.45) is 0 Å². The molecule has 2 aromatic rings. The Bertz CT molecular complexity index is 511. The third-order valence-electron chi connectivity index (χ3n) is 4.49. The van der Waals surface area contributed by atoms with Gasteiger partial charge < -0.3 is 10.0 Å². The summed E-state index contributed by atoms with van der Waals surface area (Å²) in [5.41, 5.74) is 2.02. The van der Waals surface area contributed by atoms with Crippen LogP contribution < -0.4 is 0 Å². The zero-order valence-electron chi connectivity index (χ0n) is 13.9. The Morgan fingerprint density at radius 1 is 0.909 bits per heavy atom. The molecule has 0 saturated heterocycles. The Morgan fingerprint density at radius 2 is 1.36 bits per heavy atom. The molecule has 1 unspecified atom stereocenters. The molecule has 2 nitrogen and oxygen atoms in total. The highest BCUT2D eigenvalue weighted by Gasteiger charge is 2.40. The highest BCUT2D eigenvalue weighted by molar-refractivity contribution is 5.41. The molecule has 0 aliphatic heterocycles. The zero-order valence-corrected chi connectivity index (χ0v) is 13.9. The number of nitrogens with zero attached hydrogens (tertiary/aromatic N) is 1. The van der Waals surface area contributed by atoms with Gasteiger partial charge in [-0.3, -0.25) is 0 Å². The van der Waals surface area contributed by atoms with E-state index in [4.69, 9.17) is 0 Å². The van der Waals surface area contributed by atoms with E-state index in [-0.39, 0.29) is 5.41 Å². The standard InChI is InChI=1S/C20H27NO/c1-4-19(22)20(15-16-21(2)3,17-11-7-5-8-12-17)18-13-9-6-10-14-18/h5-14,19,22H,4,15-16H2,1-3H3. The van der Waals surface area contributed by atoms with Gasteiger partial charge in [-0.2, -0.15) is 0 Å². The monoisotopic (exact) mass is 297 g/mol. The van der Waals surface area contributed by atoms with E-state index in [9.17, 15) is 5.11 Å². The van der Waals surface area contributed by atoms with E-state index >= 15 is 0 Å². The van der Waals surface area contributed by atoms with Gasteiger partial charge in [0.2, 0.25) is 0 Å². The Morgan fingerprint density at radius 3 is 1.73 bits per heavy atom. The molecule has 0 bridgehead atoms. The van der Waals surface area contributed by atoms with Gasteiger partial charge in [-0.25, -0.2) is 0 Å². The number of rotatable bonds is 7. The van der Waals surface area contributed by atoms with Crippen molar-refractivity contribution in [2.75, 3.05) is 20.6 Å². The molecule has 0 radical (unpaired) electrons. The van der Waals surface area contributed by atoms with Crippen molar-refractivity contribution in [1.29, 1.82) is 0 Å². The third-order valence-corrected chi connectivity index (χ3v) is 4.49. The van der Waals surface area contributed by atoms with E-state index < -0.39 is 6.10 Å². The van der Waals surface area contributed by atoms with Gasteiger partial charge in [0.1, 0.15) is 0 Å². The number of aliphatic hydroxyl groups excluding tert-OH is 1. The van der Waals surface area contributed by atoms with Crippen LogP contribution in [0.2, 0.25) is 0 Å². The van der Waals surface area contributed by atoms with Gasteiger partial charge in [0.15, 0.2) is 0 Å². The summed E-state index contributed by atoms with van der Waals surface area (Å²) in [4.78, 5) is 2.18. The van der Waals surface area contributed by atoms with Crippen molar-refractivity contribution in [3.63, 3.8) is 0 Å². The molecule has 2 aromatic carbocycles. The predicted octanol–water partition coefficient (Wildman–Crippen LogP) is 3.70. The lowest BCUT2D eigenvalue weighted by atomic mass is 9.67. The molecule has 0 spiro atoms. The summed E-state index contributed by atoms with van der Waals surface area (Å²) in [6.45, 7) is 2.99. The summed E-state index contributed by atoms with van der Waals surface area (Å²) in [6, 6.07) is 20.9. The van der Waals surface area contributed by atoms with Crippen LogP contribution in [0.4, 0.5) is 0 Å². The average molecular weight is 297 g/mol. The van der Waals surface area contributed by atoms with E-state index in [1.165, 1.54) is 11.1 Å². The number of benzene rings is 2. The van der Waals surface area contributed by atoms with Crippen LogP contribution in [0.1, 0.15) is 30.9 Å². The molecule has 1 atom stereocenters. The lowest BCUT2D eigenvalue weighted by Gasteiger charge is -2.40. The first-order valence-corrected chi connectivity index (χ1v) is 8.05. The molecule has 2 heteroatoms. The molecule has 0 aliphatic rings. The summed E-state index contributed by atoms with van der Waals surface area (Å²) >= 11 is 0. The van der Waals surface area contributed by atoms with Crippen LogP contribution in [-0.2, 0) is 5.41 Å². The Balaban J connectivity index is 2.58. The van der Waals surface area contributed by atoms with E-state index in [1.807, 2.05) is 12.1 Å². The Kier molecular flexibility index (Phi) is 5.76. The second kappa shape index (κ2) is 7.57. The smallest absolute Gasteiger partial charge is 0.0675 e. The highest BCUT2D eigenvalue weighted by atomic mass is 16.3. The maximum atomic E-state index is 11.0. The van der Waals surface area contributed by atoms with Gasteiger partial charge in [-0.05, 0) is 44.6 Å². The average Bonchev–Trinajstić information content (AvgIpc) is 2.57. The second-order valence-corrected chi connectivity index (χ2v) is 6.18. The van der Waals surface area contributed by atoms with E-state index in [1.54, 1.807) is 0 Å². The van der Waals surface area contributed by atoms with Gasteiger partial charge in [0.05, 0.1) is 6.10 Å². The molecular formula is C20H27NO. The Labute approximate surface area is 134 Å². The zero-order chi connectivity index (χ0) is 16.0. The van der Waals surface area contributed by atoms with Crippen LogP contribution in [0.3, 0.4) is 0 Å². The number of aliphatic hydroxyl groups is 1. The molecule has 22 heavy (non-hydrogen) atoms. The van der Waals surface area contributed by atoms with Crippen molar-refractivity contribution in [3.8, 4) is 0 Å². The number of hydrogen-bond donors (Lipinski definition) is 1. The largest absolute Gasteiger partial charge is 0.392 e. The molecule has 0 heterocycles. The summed E-state index contributed by atoms with van der Waals surface area (Å²) in [5.74, 6) is 0. The second-order valence-electron chi connectivity index (χ2n) is 6.18. The molecular weight excluding hydrogens is 270 g/mol. The lowest BCUT2D eigenvalue weighted by Crippen LogP contribution is -2.42. The van der Waals surface area contributed by atoms with Crippen molar-refractivity contribution in [1.82, 2.24) is 4.90 Å². The van der Waals surface area contributed by atoms with Crippen LogP contribution in [0.25, 0.3) is 0 Å². The SMILES string of the molecule is CCC(O)C(CCN(C)C)(c1ccccc1)c1ccccc1. The maximum absolute atomic E-state index is 11.0. The fraction of sp³-hybridized carbons (Fsp3) is 0.400. The first-order chi connectivity index (χ1) is 10.6. The third kappa shape index (κ3) is 3.40. The fourth-order valence-corrected chi connectivity index (χ4v) is 3.23. The molecule has 0 fully saturated rings. The maximum Gasteiger partial charge on any atom is 0.0675 e. The van der Waals surface area contributed by atoms with Crippen LogP contribution in [0.5, 0.6) is 0 Å². The van der Waals surface area contributed by atoms with Gasteiger partial charge in [0.25, 0.3) is 0 Å². The molecule has 0 amide bonds. The Hall–Kier alpha value is -1.64. The lowest BCUT2D eigenvalue weighted by molar-refractivity contribution is 0.0876.